The summed E-state index contributed by atoms with van der Waals surface area (Å²) in [6.45, 7) is 5.04. The second kappa shape index (κ2) is 6.68. The number of imidazole rings is 1. The summed E-state index contributed by atoms with van der Waals surface area (Å²) in [4.78, 5) is 4.87. The molecule has 2 aromatic heterocycles. The van der Waals surface area contributed by atoms with Gasteiger partial charge in [-0.1, -0.05) is 35.0 Å². The van der Waals surface area contributed by atoms with E-state index in [9.17, 15) is 4.39 Å². The van der Waals surface area contributed by atoms with Gasteiger partial charge in [-0.3, -0.25) is 5.10 Å². The zero-order chi connectivity index (χ0) is 18.3. The third kappa shape index (κ3) is 2.84. The minimum absolute atomic E-state index is 0.0122. The number of nitrogens with one attached hydrogen (secondary N) is 1. The van der Waals surface area contributed by atoms with Gasteiger partial charge in [-0.05, 0) is 37.3 Å². The molecule has 0 aliphatic rings. The molecular formula is C20H18BrFN4. The van der Waals surface area contributed by atoms with Crippen LogP contribution in [-0.2, 0) is 6.54 Å². The van der Waals surface area contributed by atoms with Crippen molar-refractivity contribution in [2.24, 2.45) is 0 Å². The molecule has 6 heteroatoms. The molecule has 26 heavy (non-hydrogen) atoms. The Kier molecular flexibility index (Phi) is 4.36. The van der Waals surface area contributed by atoms with Gasteiger partial charge in [0.1, 0.15) is 11.6 Å². The highest BCUT2D eigenvalue weighted by molar-refractivity contribution is 9.10. The number of aromatic nitrogens is 4. The fourth-order valence-electron chi connectivity index (χ4n) is 3.42. The van der Waals surface area contributed by atoms with Crippen molar-refractivity contribution in [2.75, 3.05) is 0 Å². The van der Waals surface area contributed by atoms with E-state index in [1.165, 1.54) is 12.1 Å². The summed E-state index contributed by atoms with van der Waals surface area (Å²) in [6, 6.07) is 12.7. The van der Waals surface area contributed by atoms with Crippen LogP contribution in [0, 0.1) is 5.82 Å². The topological polar surface area (TPSA) is 46.5 Å². The zero-order valence-corrected chi connectivity index (χ0v) is 16.1. The van der Waals surface area contributed by atoms with Crippen LogP contribution in [0.25, 0.3) is 22.3 Å². The van der Waals surface area contributed by atoms with E-state index in [-0.39, 0.29) is 11.7 Å². The largest absolute Gasteiger partial charge is 0.328 e. The molecule has 0 aliphatic heterocycles. The lowest BCUT2D eigenvalue weighted by Gasteiger charge is -2.14. The number of rotatable bonds is 4. The Hall–Kier alpha value is -2.47. The fraction of sp³-hybridized carbons (Fsp3) is 0.200. The molecule has 4 aromatic rings. The molecule has 0 spiro atoms. The van der Waals surface area contributed by atoms with Crippen LogP contribution < -0.4 is 0 Å². The molecule has 1 N–H and O–H groups in total. The third-order valence-electron chi connectivity index (χ3n) is 4.68. The Balaban J connectivity index is 1.84. The first-order chi connectivity index (χ1) is 12.6. The Labute approximate surface area is 159 Å². The molecule has 1 atom stereocenters. The van der Waals surface area contributed by atoms with E-state index in [0.717, 1.165) is 44.7 Å². The summed E-state index contributed by atoms with van der Waals surface area (Å²) in [5, 5.41) is 7.29. The average molecular weight is 413 g/mol. The Morgan fingerprint density at radius 1 is 1.23 bits per heavy atom. The lowest BCUT2D eigenvalue weighted by atomic mass is 9.97. The van der Waals surface area contributed by atoms with E-state index >= 15 is 0 Å². The van der Waals surface area contributed by atoms with Crippen molar-refractivity contribution in [1.29, 1.82) is 0 Å². The highest BCUT2D eigenvalue weighted by Gasteiger charge is 2.22. The second-order valence-electron chi connectivity index (χ2n) is 6.27. The lowest BCUT2D eigenvalue weighted by Crippen LogP contribution is -2.07. The van der Waals surface area contributed by atoms with Crippen LogP contribution in [0.3, 0.4) is 0 Å². The first-order valence-electron chi connectivity index (χ1n) is 8.53. The Morgan fingerprint density at radius 3 is 2.85 bits per heavy atom. The summed E-state index contributed by atoms with van der Waals surface area (Å²) in [5.41, 5.74) is 4.58. The maximum atomic E-state index is 13.7. The van der Waals surface area contributed by atoms with Gasteiger partial charge in [0.15, 0.2) is 0 Å². The third-order valence-corrected chi connectivity index (χ3v) is 5.17. The van der Waals surface area contributed by atoms with Crippen molar-refractivity contribution in [3.05, 3.63) is 70.3 Å². The number of hydrogen-bond donors (Lipinski definition) is 1. The van der Waals surface area contributed by atoms with Crippen molar-refractivity contribution in [3.8, 4) is 11.3 Å². The molecule has 0 saturated carbocycles. The molecule has 1 unspecified atom stereocenters. The van der Waals surface area contributed by atoms with Gasteiger partial charge in [-0.15, -0.1) is 0 Å². The molecule has 0 aliphatic carbocycles. The van der Waals surface area contributed by atoms with Gasteiger partial charge in [0.2, 0.25) is 0 Å². The number of halogens is 2. The summed E-state index contributed by atoms with van der Waals surface area (Å²) < 4.78 is 16.9. The van der Waals surface area contributed by atoms with Crippen LogP contribution in [0.15, 0.2) is 53.1 Å². The van der Waals surface area contributed by atoms with Crippen molar-refractivity contribution < 1.29 is 4.39 Å². The monoisotopic (exact) mass is 412 g/mol. The van der Waals surface area contributed by atoms with E-state index in [4.69, 9.17) is 4.98 Å². The number of fused-ring (bicyclic) bond motifs is 1. The first-order valence-corrected chi connectivity index (χ1v) is 9.33. The van der Waals surface area contributed by atoms with E-state index in [0.29, 0.717) is 0 Å². The van der Waals surface area contributed by atoms with Crippen molar-refractivity contribution in [3.63, 3.8) is 0 Å². The van der Waals surface area contributed by atoms with Crippen LogP contribution in [-0.4, -0.2) is 19.7 Å². The summed E-state index contributed by atoms with van der Waals surface area (Å²) in [7, 11) is 0. The van der Waals surface area contributed by atoms with Crippen LogP contribution in [0.2, 0.25) is 0 Å². The van der Waals surface area contributed by atoms with Crippen LogP contribution in [0.4, 0.5) is 4.39 Å². The smallest absolute Gasteiger partial charge is 0.123 e. The number of aromatic amines is 1. The first kappa shape index (κ1) is 17.0. The van der Waals surface area contributed by atoms with Crippen molar-refractivity contribution >= 4 is 27.0 Å². The van der Waals surface area contributed by atoms with Gasteiger partial charge in [0.05, 0.1) is 16.7 Å². The lowest BCUT2D eigenvalue weighted by molar-refractivity contribution is 0.628. The summed E-state index contributed by atoms with van der Waals surface area (Å²) in [5.74, 6) is 0.715. The zero-order valence-electron chi connectivity index (χ0n) is 14.5. The number of aryl methyl sites for hydroxylation is 1. The van der Waals surface area contributed by atoms with Gasteiger partial charge in [-0.25, -0.2) is 9.37 Å². The van der Waals surface area contributed by atoms with Gasteiger partial charge >= 0.3 is 0 Å². The Morgan fingerprint density at radius 2 is 2.08 bits per heavy atom. The maximum Gasteiger partial charge on any atom is 0.123 e. The van der Waals surface area contributed by atoms with Gasteiger partial charge in [0, 0.05) is 34.3 Å². The average Bonchev–Trinajstić information content (AvgIpc) is 3.25. The molecule has 0 radical (unpaired) electrons. The SMILES string of the molecule is CCn1c(C(C)c2c[nH]nc2-c2cccc(F)c2)nc2cc(Br)ccc21. The summed E-state index contributed by atoms with van der Waals surface area (Å²) >= 11 is 3.51. The fourth-order valence-corrected chi connectivity index (χ4v) is 3.77. The van der Waals surface area contributed by atoms with Crippen LogP contribution in [0.5, 0.6) is 0 Å². The number of nitrogens with zero attached hydrogens (tertiary/aromatic N) is 3. The number of hydrogen-bond acceptors (Lipinski definition) is 2. The summed E-state index contributed by atoms with van der Waals surface area (Å²) in [6.07, 6.45) is 1.88. The van der Waals surface area contributed by atoms with Crippen LogP contribution >= 0.6 is 15.9 Å². The van der Waals surface area contributed by atoms with Crippen molar-refractivity contribution in [2.45, 2.75) is 26.3 Å². The van der Waals surface area contributed by atoms with Gasteiger partial charge in [-0.2, -0.15) is 5.10 Å². The van der Waals surface area contributed by atoms with E-state index in [1.54, 1.807) is 6.07 Å². The molecule has 2 heterocycles. The number of H-pyrrole nitrogens is 1. The Bertz CT molecular complexity index is 1080. The van der Waals surface area contributed by atoms with E-state index < -0.39 is 0 Å². The van der Waals surface area contributed by atoms with Crippen LogP contribution in [0.1, 0.15) is 31.2 Å². The minimum atomic E-state index is -0.269. The highest BCUT2D eigenvalue weighted by atomic mass is 79.9. The minimum Gasteiger partial charge on any atom is -0.328 e. The maximum absolute atomic E-state index is 13.7. The van der Waals surface area contributed by atoms with E-state index in [2.05, 4.69) is 50.6 Å². The second-order valence-corrected chi connectivity index (χ2v) is 7.18. The molecule has 4 rings (SSSR count). The predicted molar refractivity (Wildman–Crippen MR) is 105 cm³/mol. The normalized spacial score (nSPS) is 12.6. The van der Waals surface area contributed by atoms with Gasteiger partial charge < -0.3 is 4.57 Å². The quantitative estimate of drug-likeness (QED) is 0.480. The molecule has 0 saturated heterocycles. The molecule has 0 bridgehead atoms. The van der Waals surface area contributed by atoms with E-state index in [1.807, 2.05) is 24.4 Å². The number of benzene rings is 2. The van der Waals surface area contributed by atoms with Crippen molar-refractivity contribution in [1.82, 2.24) is 19.7 Å². The molecule has 4 nitrogen and oxygen atoms in total. The predicted octanol–water partition coefficient (Wildman–Crippen LogP) is 5.50. The standard InChI is InChI=1S/C20H18BrFN4/c1-3-26-18-8-7-14(21)10-17(18)24-20(26)12(2)16-11-23-25-19(16)13-5-4-6-15(22)9-13/h4-12H,3H2,1-2H3,(H,23,25). The molecule has 132 valence electrons. The molecule has 2 aromatic carbocycles. The van der Waals surface area contributed by atoms with Gasteiger partial charge in [0.25, 0.3) is 0 Å². The highest BCUT2D eigenvalue weighted by Crippen LogP contribution is 2.33. The molecule has 0 fully saturated rings. The molecular weight excluding hydrogens is 395 g/mol. The molecule has 0 amide bonds.